The lowest BCUT2D eigenvalue weighted by molar-refractivity contribution is 0.0570. The van der Waals surface area contributed by atoms with Gasteiger partial charge in [0.15, 0.2) is 0 Å². The lowest BCUT2D eigenvalue weighted by atomic mass is 10.1. The highest BCUT2D eigenvalue weighted by molar-refractivity contribution is 5.48. The first-order valence-corrected chi connectivity index (χ1v) is 8.48. The number of aliphatic hydroxyl groups excluding tert-OH is 1. The molecule has 1 unspecified atom stereocenters. The summed E-state index contributed by atoms with van der Waals surface area (Å²) in [5, 5.41) is 9.32. The number of rotatable bonds is 7. The van der Waals surface area contributed by atoms with Crippen molar-refractivity contribution < 1.29 is 5.11 Å². The third kappa shape index (κ3) is 5.56. The lowest BCUT2D eigenvalue weighted by Gasteiger charge is -2.42. The zero-order valence-electron chi connectivity index (χ0n) is 14.0. The van der Waals surface area contributed by atoms with E-state index in [4.69, 9.17) is 0 Å². The largest absolute Gasteiger partial charge is 0.396 e. The summed E-state index contributed by atoms with van der Waals surface area (Å²) in [6, 6.07) is 10.9. The normalized spacial score (nSPS) is 21.0. The molecule has 0 aromatic heterocycles. The third-order valence-electron chi connectivity index (χ3n) is 4.22. The van der Waals surface area contributed by atoms with E-state index >= 15 is 0 Å². The SMILES string of the molecule is CC(C)CN1CCN(C/C=C/c2ccccc2)CC1CCO. The molecule has 0 spiro atoms. The van der Waals surface area contributed by atoms with E-state index in [1.807, 2.05) is 6.07 Å². The summed E-state index contributed by atoms with van der Waals surface area (Å²) in [6.45, 7) is 10.2. The fourth-order valence-corrected chi connectivity index (χ4v) is 3.16. The minimum atomic E-state index is 0.285. The molecule has 1 atom stereocenters. The summed E-state index contributed by atoms with van der Waals surface area (Å²) in [5.41, 5.74) is 1.26. The molecule has 1 fully saturated rings. The van der Waals surface area contributed by atoms with Crippen LogP contribution in [-0.4, -0.2) is 60.3 Å². The van der Waals surface area contributed by atoms with Gasteiger partial charge in [0.1, 0.15) is 0 Å². The fraction of sp³-hybridized carbons (Fsp3) is 0.579. The van der Waals surface area contributed by atoms with Gasteiger partial charge in [-0.2, -0.15) is 0 Å². The minimum absolute atomic E-state index is 0.285. The summed E-state index contributed by atoms with van der Waals surface area (Å²) >= 11 is 0. The van der Waals surface area contributed by atoms with Gasteiger partial charge >= 0.3 is 0 Å². The molecule has 1 aromatic carbocycles. The van der Waals surface area contributed by atoms with Gasteiger partial charge in [0.25, 0.3) is 0 Å². The molecule has 0 aliphatic carbocycles. The van der Waals surface area contributed by atoms with Gasteiger partial charge in [0.2, 0.25) is 0 Å². The number of hydrogen-bond acceptors (Lipinski definition) is 3. The number of hydrogen-bond donors (Lipinski definition) is 1. The highest BCUT2D eigenvalue weighted by Gasteiger charge is 2.26. The Morgan fingerprint density at radius 1 is 1.23 bits per heavy atom. The van der Waals surface area contributed by atoms with Gasteiger partial charge in [-0.05, 0) is 17.9 Å². The molecular formula is C19H30N2O. The van der Waals surface area contributed by atoms with E-state index < -0.39 is 0 Å². The van der Waals surface area contributed by atoms with Gasteiger partial charge in [-0.3, -0.25) is 9.80 Å². The van der Waals surface area contributed by atoms with Crippen molar-refractivity contribution in [2.24, 2.45) is 5.92 Å². The Bertz CT molecular complexity index is 444. The molecule has 1 saturated heterocycles. The van der Waals surface area contributed by atoms with Crippen molar-refractivity contribution in [1.82, 2.24) is 9.80 Å². The van der Waals surface area contributed by atoms with Gasteiger partial charge in [0.05, 0.1) is 0 Å². The molecule has 1 heterocycles. The summed E-state index contributed by atoms with van der Waals surface area (Å²) in [4.78, 5) is 5.05. The molecule has 122 valence electrons. The van der Waals surface area contributed by atoms with Crippen molar-refractivity contribution >= 4 is 6.08 Å². The zero-order valence-corrected chi connectivity index (χ0v) is 14.0. The van der Waals surface area contributed by atoms with Crippen LogP contribution in [0.15, 0.2) is 36.4 Å². The Labute approximate surface area is 135 Å². The fourth-order valence-electron chi connectivity index (χ4n) is 3.16. The molecule has 0 saturated carbocycles. The number of aliphatic hydroxyl groups is 1. The van der Waals surface area contributed by atoms with Crippen LogP contribution < -0.4 is 0 Å². The first kappa shape index (κ1) is 17.2. The number of piperazine rings is 1. The Hall–Kier alpha value is -1.16. The van der Waals surface area contributed by atoms with Crippen molar-refractivity contribution in [2.75, 3.05) is 39.3 Å². The summed E-state index contributed by atoms with van der Waals surface area (Å²) in [7, 11) is 0. The topological polar surface area (TPSA) is 26.7 Å². The van der Waals surface area contributed by atoms with E-state index in [0.29, 0.717) is 12.0 Å². The predicted molar refractivity (Wildman–Crippen MR) is 93.8 cm³/mol. The second-order valence-corrected chi connectivity index (χ2v) is 6.63. The predicted octanol–water partition coefficient (Wildman–Crippen LogP) is 2.72. The first-order valence-electron chi connectivity index (χ1n) is 8.48. The maximum Gasteiger partial charge on any atom is 0.0446 e. The molecular weight excluding hydrogens is 272 g/mol. The highest BCUT2D eigenvalue weighted by Crippen LogP contribution is 2.15. The van der Waals surface area contributed by atoms with Gasteiger partial charge in [-0.1, -0.05) is 56.3 Å². The van der Waals surface area contributed by atoms with Crippen LogP contribution in [0.2, 0.25) is 0 Å². The van der Waals surface area contributed by atoms with Crippen molar-refractivity contribution in [3.63, 3.8) is 0 Å². The van der Waals surface area contributed by atoms with Gasteiger partial charge in [-0.25, -0.2) is 0 Å². The molecule has 1 aliphatic heterocycles. The molecule has 3 heteroatoms. The van der Waals surface area contributed by atoms with Gasteiger partial charge < -0.3 is 5.11 Å². The van der Waals surface area contributed by atoms with E-state index in [-0.39, 0.29) is 6.61 Å². The van der Waals surface area contributed by atoms with E-state index in [0.717, 1.165) is 39.1 Å². The van der Waals surface area contributed by atoms with E-state index in [1.165, 1.54) is 5.56 Å². The van der Waals surface area contributed by atoms with E-state index in [1.54, 1.807) is 0 Å². The maximum absolute atomic E-state index is 9.32. The summed E-state index contributed by atoms with van der Waals surface area (Å²) in [5.74, 6) is 0.686. The lowest BCUT2D eigenvalue weighted by Crippen LogP contribution is -2.54. The molecule has 1 N–H and O–H groups in total. The average molecular weight is 302 g/mol. The van der Waals surface area contributed by atoms with Gasteiger partial charge in [-0.15, -0.1) is 0 Å². The molecule has 1 aromatic rings. The highest BCUT2D eigenvalue weighted by atomic mass is 16.3. The van der Waals surface area contributed by atoms with Crippen LogP contribution in [0.4, 0.5) is 0 Å². The standard InChI is InChI=1S/C19H30N2O/c1-17(2)15-21-13-12-20(16-19(21)10-14-22)11-6-9-18-7-4-3-5-8-18/h3-9,17,19,22H,10-16H2,1-2H3/b9-6+. The Morgan fingerprint density at radius 3 is 2.68 bits per heavy atom. The van der Waals surface area contributed by atoms with Crippen LogP contribution in [0.3, 0.4) is 0 Å². The summed E-state index contributed by atoms with van der Waals surface area (Å²) < 4.78 is 0. The van der Waals surface area contributed by atoms with Crippen LogP contribution in [0.1, 0.15) is 25.8 Å². The second-order valence-electron chi connectivity index (χ2n) is 6.63. The zero-order chi connectivity index (χ0) is 15.8. The van der Waals surface area contributed by atoms with Crippen LogP contribution in [0.25, 0.3) is 6.08 Å². The average Bonchev–Trinajstić information content (AvgIpc) is 2.51. The number of nitrogens with zero attached hydrogens (tertiary/aromatic N) is 2. The van der Waals surface area contributed by atoms with Crippen molar-refractivity contribution in [1.29, 1.82) is 0 Å². The van der Waals surface area contributed by atoms with Crippen LogP contribution in [0, 0.1) is 5.92 Å². The van der Waals surface area contributed by atoms with Crippen LogP contribution in [-0.2, 0) is 0 Å². The third-order valence-corrected chi connectivity index (χ3v) is 4.22. The second kappa shape index (κ2) is 9.09. The van der Waals surface area contributed by atoms with Gasteiger partial charge in [0, 0.05) is 45.4 Å². The Kier molecular flexibility index (Phi) is 7.10. The smallest absolute Gasteiger partial charge is 0.0446 e. The molecule has 0 bridgehead atoms. The van der Waals surface area contributed by atoms with Crippen molar-refractivity contribution in [2.45, 2.75) is 26.3 Å². The summed E-state index contributed by atoms with van der Waals surface area (Å²) in [6.07, 6.45) is 5.33. The monoisotopic (exact) mass is 302 g/mol. The minimum Gasteiger partial charge on any atom is -0.396 e. The van der Waals surface area contributed by atoms with Crippen molar-refractivity contribution in [3.8, 4) is 0 Å². The van der Waals surface area contributed by atoms with Crippen LogP contribution in [0.5, 0.6) is 0 Å². The molecule has 3 nitrogen and oxygen atoms in total. The van der Waals surface area contributed by atoms with Crippen molar-refractivity contribution in [3.05, 3.63) is 42.0 Å². The Balaban J connectivity index is 1.84. The molecule has 0 amide bonds. The molecule has 22 heavy (non-hydrogen) atoms. The molecule has 2 rings (SSSR count). The number of benzene rings is 1. The molecule has 1 aliphatic rings. The first-order chi connectivity index (χ1) is 10.7. The quantitative estimate of drug-likeness (QED) is 0.839. The van der Waals surface area contributed by atoms with E-state index in [2.05, 4.69) is 60.1 Å². The Morgan fingerprint density at radius 2 is 2.00 bits per heavy atom. The van der Waals surface area contributed by atoms with E-state index in [9.17, 15) is 5.11 Å². The maximum atomic E-state index is 9.32. The van der Waals surface area contributed by atoms with Crippen LogP contribution >= 0.6 is 0 Å². The molecule has 0 radical (unpaired) electrons.